The average molecular weight is 589 g/mol. The predicted octanol–water partition coefficient (Wildman–Crippen LogP) is 5.59. The second-order valence-corrected chi connectivity index (χ2v) is 12.5. The van der Waals surface area contributed by atoms with Gasteiger partial charge in [0.15, 0.2) is 0 Å². The van der Waals surface area contributed by atoms with Crippen molar-refractivity contribution in [3.63, 3.8) is 0 Å². The quantitative estimate of drug-likeness (QED) is 0.392. The van der Waals surface area contributed by atoms with Crippen LogP contribution in [0.2, 0.25) is 15.1 Å². The van der Waals surface area contributed by atoms with Crippen LogP contribution in [-0.4, -0.2) is 50.0 Å². The predicted molar refractivity (Wildman–Crippen MR) is 150 cm³/mol. The molecule has 202 valence electrons. The van der Waals surface area contributed by atoms with Gasteiger partial charge in [-0.15, -0.1) is 0 Å². The first-order chi connectivity index (χ1) is 17.4. The van der Waals surface area contributed by atoms with Crippen LogP contribution in [0.3, 0.4) is 0 Å². The van der Waals surface area contributed by atoms with Crippen molar-refractivity contribution in [3.8, 4) is 0 Å². The molecule has 0 aliphatic heterocycles. The van der Waals surface area contributed by atoms with Crippen molar-refractivity contribution in [1.82, 2.24) is 10.2 Å². The number of sulfonamides is 1. The molecule has 1 saturated carbocycles. The molecular formula is C26H32Cl3N3O4S. The number of anilines is 1. The summed E-state index contributed by atoms with van der Waals surface area (Å²) >= 11 is 18.5. The van der Waals surface area contributed by atoms with E-state index in [0.717, 1.165) is 36.2 Å². The topological polar surface area (TPSA) is 86.8 Å². The van der Waals surface area contributed by atoms with Crippen molar-refractivity contribution in [2.45, 2.75) is 64.6 Å². The molecule has 1 aliphatic carbocycles. The Morgan fingerprint density at radius 1 is 1.05 bits per heavy atom. The molecule has 2 amide bonds. The Bertz CT molecular complexity index is 1250. The average Bonchev–Trinajstić information content (AvgIpc) is 3.34. The van der Waals surface area contributed by atoms with Crippen molar-refractivity contribution in [1.29, 1.82) is 0 Å². The monoisotopic (exact) mass is 587 g/mol. The molecule has 1 atom stereocenters. The number of nitrogens with zero attached hydrogens (tertiary/aromatic N) is 2. The summed E-state index contributed by atoms with van der Waals surface area (Å²) in [6.45, 7) is 3.08. The summed E-state index contributed by atoms with van der Waals surface area (Å²) in [4.78, 5) is 28.6. The van der Waals surface area contributed by atoms with Crippen molar-refractivity contribution >= 4 is 62.3 Å². The fourth-order valence-corrected chi connectivity index (χ4v) is 5.97. The lowest BCUT2D eigenvalue weighted by atomic mass is 10.1. The number of amides is 2. The van der Waals surface area contributed by atoms with E-state index in [1.807, 2.05) is 6.92 Å². The summed E-state index contributed by atoms with van der Waals surface area (Å²) in [6, 6.07) is 9.15. The van der Waals surface area contributed by atoms with Crippen LogP contribution < -0.4 is 9.62 Å². The lowest BCUT2D eigenvalue weighted by Gasteiger charge is -2.33. The highest BCUT2D eigenvalue weighted by Crippen LogP contribution is 2.29. The smallest absolute Gasteiger partial charge is 0.244 e. The first-order valence-corrected chi connectivity index (χ1v) is 15.2. The summed E-state index contributed by atoms with van der Waals surface area (Å²) < 4.78 is 26.6. The Kier molecular flexibility index (Phi) is 10.1. The lowest BCUT2D eigenvalue weighted by molar-refractivity contribution is -0.140. The summed E-state index contributed by atoms with van der Waals surface area (Å²) in [7, 11) is -3.85. The van der Waals surface area contributed by atoms with E-state index < -0.39 is 28.5 Å². The number of carbonyl (C=O) groups is 2. The van der Waals surface area contributed by atoms with Gasteiger partial charge < -0.3 is 10.2 Å². The molecule has 3 rings (SSSR count). The maximum absolute atomic E-state index is 13.8. The highest BCUT2D eigenvalue weighted by Gasteiger charge is 2.33. The summed E-state index contributed by atoms with van der Waals surface area (Å²) in [5.74, 6) is -0.781. The minimum atomic E-state index is -3.85. The Labute approximate surface area is 234 Å². The fraction of sp³-hybridized carbons (Fsp3) is 0.462. The molecule has 1 N–H and O–H groups in total. The molecular weight excluding hydrogens is 557 g/mol. The van der Waals surface area contributed by atoms with Gasteiger partial charge in [0.25, 0.3) is 0 Å². The van der Waals surface area contributed by atoms with E-state index in [0.29, 0.717) is 38.3 Å². The van der Waals surface area contributed by atoms with Crippen LogP contribution in [0.4, 0.5) is 5.69 Å². The van der Waals surface area contributed by atoms with Gasteiger partial charge >= 0.3 is 0 Å². The first kappa shape index (κ1) is 29.6. The van der Waals surface area contributed by atoms with Gasteiger partial charge in [0.1, 0.15) is 12.6 Å². The van der Waals surface area contributed by atoms with Crippen molar-refractivity contribution in [2.24, 2.45) is 0 Å². The highest BCUT2D eigenvalue weighted by molar-refractivity contribution is 7.92. The van der Waals surface area contributed by atoms with E-state index in [2.05, 4.69) is 5.32 Å². The Hall–Kier alpha value is -2.00. The minimum Gasteiger partial charge on any atom is -0.352 e. The van der Waals surface area contributed by atoms with Gasteiger partial charge in [0.05, 0.1) is 22.0 Å². The van der Waals surface area contributed by atoms with E-state index >= 15 is 0 Å². The third-order valence-corrected chi connectivity index (χ3v) is 8.89. The van der Waals surface area contributed by atoms with Gasteiger partial charge in [0.2, 0.25) is 21.8 Å². The van der Waals surface area contributed by atoms with E-state index in [1.54, 1.807) is 43.3 Å². The minimum absolute atomic E-state index is 0.0540. The van der Waals surface area contributed by atoms with Gasteiger partial charge in [0, 0.05) is 17.6 Å². The molecule has 1 aliphatic rings. The molecule has 0 aromatic heterocycles. The lowest BCUT2D eigenvalue weighted by Crippen LogP contribution is -2.53. The molecule has 37 heavy (non-hydrogen) atoms. The van der Waals surface area contributed by atoms with Gasteiger partial charge in [-0.25, -0.2) is 8.42 Å². The fourth-order valence-electron chi connectivity index (χ4n) is 4.58. The third-order valence-electron chi connectivity index (χ3n) is 6.61. The van der Waals surface area contributed by atoms with Crippen LogP contribution in [0.15, 0.2) is 36.4 Å². The molecule has 0 heterocycles. The Morgan fingerprint density at radius 2 is 1.73 bits per heavy atom. The summed E-state index contributed by atoms with van der Waals surface area (Å²) in [5, 5.41) is 4.15. The number of hydrogen-bond acceptors (Lipinski definition) is 4. The van der Waals surface area contributed by atoms with Crippen molar-refractivity contribution < 1.29 is 18.0 Å². The van der Waals surface area contributed by atoms with Crippen molar-refractivity contribution in [2.75, 3.05) is 17.1 Å². The number of halogens is 3. The highest BCUT2D eigenvalue weighted by atomic mass is 35.5. The van der Waals surface area contributed by atoms with Crippen LogP contribution >= 0.6 is 34.8 Å². The van der Waals surface area contributed by atoms with Gasteiger partial charge in [-0.2, -0.15) is 0 Å². The molecule has 2 aromatic carbocycles. The SMILES string of the molecule is CC[C@H](C(=O)NC1CCCC1)N(Cc1ccc(Cl)c(Cl)c1)C(=O)CN(c1cccc(Cl)c1C)S(C)(=O)=O. The Morgan fingerprint density at radius 3 is 2.32 bits per heavy atom. The zero-order chi connectivity index (χ0) is 27.3. The molecule has 0 saturated heterocycles. The second-order valence-electron chi connectivity index (χ2n) is 9.34. The molecule has 7 nitrogen and oxygen atoms in total. The maximum atomic E-state index is 13.8. The first-order valence-electron chi connectivity index (χ1n) is 12.2. The van der Waals surface area contributed by atoms with Crippen molar-refractivity contribution in [3.05, 3.63) is 62.6 Å². The normalized spacial score (nSPS) is 14.9. The molecule has 0 spiro atoms. The van der Waals surface area contributed by atoms with Gasteiger partial charge in [-0.05, 0) is 61.6 Å². The molecule has 11 heteroatoms. The zero-order valence-electron chi connectivity index (χ0n) is 21.1. The second kappa shape index (κ2) is 12.7. The number of nitrogens with one attached hydrogen (secondary N) is 1. The zero-order valence-corrected chi connectivity index (χ0v) is 24.2. The van der Waals surface area contributed by atoms with E-state index in [4.69, 9.17) is 34.8 Å². The number of carbonyl (C=O) groups excluding carboxylic acids is 2. The van der Waals surface area contributed by atoms with E-state index in [1.165, 1.54) is 4.90 Å². The molecule has 2 aromatic rings. The molecule has 1 fully saturated rings. The van der Waals surface area contributed by atoms with E-state index in [-0.39, 0.29) is 18.5 Å². The van der Waals surface area contributed by atoms with Crippen LogP contribution in [0, 0.1) is 6.92 Å². The molecule has 0 radical (unpaired) electrons. The molecule has 0 unspecified atom stereocenters. The van der Waals surface area contributed by atoms with Gasteiger partial charge in [-0.1, -0.05) is 66.7 Å². The summed E-state index contributed by atoms with van der Waals surface area (Å²) in [5.41, 5.74) is 1.51. The van der Waals surface area contributed by atoms with Crippen LogP contribution in [0.25, 0.3) is 0 Å². The van der Waals surface area contributed by atoms with Gasteiger partial charge in [-0.3, -0.25) is 13.9 Å². The van der Waals surface area contributed by atoms with Crippen LogP contribution in [-0.2, 0) is 26.2 Å². The maximum Gasteiger partial charge on any atom is 0.244 e. The number of benzene rings is 2. The standard InChI is InChI=1S/C26H32Cl3N3O4S/c1-4-23(26(34)30-19-8-5-6-9-19)31(15-18-12-13-21(28)22(29)14-18)25(33)16-32(37(3,35)36)24-11-7-10-20(27)17(24)2/h7,10-14,19,23H,4-6,8-9,15-16H2,1-3H3,(H,30,34)/t23-/m1/s1. The van der Waals surface area contributed by atoms with E-state index in [9.17, 15) is 18.0 Å². The molecule has 0 bridgehead atoms. The van der Waals surface area contributed by atoms with Crippen LogP contribution in [0.5, 0.6) is 0 Å². The largest absolute Gasteiger partial charge is 0.352 e. The number of rotatable bonds is 10. The third kappa shape index (κ3) is 7.53. The Balaban J connectivity index is 1.97. The number of hydrogen-bond donors (Lipinski definition) is 1. The van der Waals surface area contributed by atoms with Crippen LogP contribution in [0.1, 0.15) is 50.2 Å². The summed E-state index contributed by atoms with van der Waals surface area (Å²) in [6.07, 6.45) is 5.29.